The SMILES string of the molecule is CC(C)c1cccc(C(C)C)c1-n1c(-c2[c-]cccc2)nc2ccccc21.[Ir].[c-]1ccc2c(oc3ccccc32)c1-c1nc2ccccc2n1-c1ccccc1. The Balaban J connectivity index is 0.000000155. The molecule has 0 aliphatic rings. The molecule has 0 saturated heterocycles. The first-order valence-electron chi connectivity index (χ1n) is 18.9. The molecule has 1 radical (unpaired) electrons. The fraction of sp³-hybridized carbons (Fsp3) is 0.120. The molecule has 0 spiro atoms. The maximum Gasteiger partial charge on any atom is 0.120 e. The van der Waals surface area contributed by atoms with Crippen LogP contribution in [0.3, 0.4) is 0 Å². The normalized spacial score (nSPS) is 11.4. The van der Waals surface area contributed by atoms with Crippen molar-refractivity contribution in [3.8, 4) is 34.2 Å². The van der Waals surface area contributed by atoms with Gasteiger partial charge in [-0.2, -0.15) is 0 Å². The van der Waals surface area contributed by atoms with Crippen molar-refractivity contribution < 1.29 is 24.5 Å². The Morgan fingerprint density at radius 1 is 0.518 bits per heavy atom. The standard InChI is InChI=1S/C25H15N2O.C25H25N2.Ir/c1-2-9-17(10-3-1)27-22-15-6-5-14-21(22)26-25(27)20-13-8-12-19-18-11-4-7-16-23(18)28-24(19)20;1-17(2)20-13-10-14-21(18(3)4)24(20)27-23-16-9-8-15-22(23)26-25(27)19-11-6-5-7-12-19;/h1-12,14-16H;5-11,13-18H,1-4H3;/q2*-1;. The molecule has 10 aromatic rings. The maximum atomic E-state index is 6.24. The number of fused-ring (bicyclic) bond motifs is 5. The van der Waals surface area contributed by atoms with E-state index in [9.17, 15) is 0 Å². The second-order valence-electron chi connectivity index (χ2n) is 14.4. The number of rotatable bonds is 6. The fourth-order valence-corrected chi connectivity index (χ4v) is 7.62. The van der Waals surface area contributed by atoms with Gasteiger partial charge in [0, 0.05) is 36.9 Å². The summed E-state index contributed by atoms with van der Waals surface area (Å²) in [4.78, 5) is 9.94. The van der Waals surface area contributed by atoms with Crippen molar-refractivity contribution >= 4 is 44.0 Å². The fourth-order valence-electron chi connectivity index (χ4n) is 7.62. The monoisotopic (exact) mass is 905 g/mol. The van der Waals surface area contributed by atoms with Crippen LogP contribution in [0.4, 0.5) is 0 Å². The van der Waals surface area contributed by atoms with Gasteiger partial charge in [0.2, 0.25) is 0 Å². The molecule has 277 valence electrons. The molecule has 3 heterocycles. The van der Waals surface area contributed by atoms with Crippen LogP contribution in [-0.2, 0) is 20.1 Å². The molecule has 6 heteroatoms. The summed E-state index contributed by atoms with van der Waals surface area (Å²) in [5, 5.41) is 2.19. The molecule has 10 rings (SSSR count). The van der Waals surface area contributed by atoms with E-state index in [1.54, 1.807) is 0 Å². The largest absolute Gasteiger partial charge is 0.501 e. The summed E-state index contributed by atoms with van der Waals surface area (Å²) in [5.41, 5.74) is 12.8. The zero-order valence-electron chi connectivity index (χ0n) is 31.7. The van der Waals surface area contributed by atoms with Crippen molar-refractivity contribution in [1.29, 1.82) is 0 Å². The van der Waals surface area contributed by atoms with E-state index in [1.165, 1.54) is 16.8 Å². The number of aromatic nitrogens is 4. The predicted octanol–water partition coefficient (Wildman–Crippen LogP) is 13.1. The second-order valence-corrected chi connectivity index (χ2v) is 14.4. The van der Waals surface area contributed by atoms with Crippen LogP contribution in [-0.4, -0.2) is 19.1 Å². The van der Waals surface area contributed by atoms with Crippen LogP contribution in [0, 0.1) is 12.1 Å². The molecule has 3 aromatic heterocycles. The van der Waals surface area contributed by atoms with Crippen LogP contribution in [0.1, 0.15) is 50.7 Å². The van der Waals surface area contributed by atoms with E-state index in [-0.39, 0.29) is 20.1 Å². The first-order chi connectivity index (χ1) is 27.0. The van der Waals surface area contributed by atoms with E-state index < -0.39 is 0 Å². The van der Waals surface area contributed by atoms with Gasteiger partial charge < -0.3 is 13.6 Å². The number of hydrogen-bond acceptors (Lipinski definition) is 3. The zero-order valence-corrected chi connectivity index (χ0v) is 34.1. The third-order valence-electron chi connectivity index (χ3n) is 10.2. The molecular weight excluding hydrogens is 865 g/mol. The van der Waals surface area contributed by atoms with Crippen LogP contribution in [0.2, 0.25) is 0 Å². The van der Waals surface area contributed by atoms with Crippen molar-refractivity contribution in [2.24, 2.45) is 0 Å². The smallest absolute Gasteiger partial charge is 0.120 e. The topological polar surface area (TPSA) is 48.8 Å². The van der Waals surface area contributed by atoms with Crippen molar-refractivity contribution in [1.82, 2.24) is 19.1 Å². The summed E-state index contributed by atoms with van der Waals surface area (Å²) in [5.74, 6) is 2.63. The van der Waals surface area contributed by atoms with Gasteiger partial charge in [-0.25, -0.2) is 0 Å². The van der Waals surface area contributed by atoms with Crippen molar-refractivity contribution in [2.45, 2.75) is 39.5 Å². The number of benzene rings is 7. The van der Waals surface area contributed by atoms with Crippen LogP contribution >= 0.6 is 0 Å². The number of imidazole rings is 2. The predicted molar refractivity (Wildman–Crippen MR) is 226 cm³/mol. The Bertz CT molecular complexity index is 2910. The molecule has 0 amide bonds. The molecule has 0 N–H and O–H groups in total. The average Bonchev–Trinajstić information content (AvgIpc) is 3.93. The third-order valence-corrected chi connectivity index (χ3v) is 10.2. The third kappa shape index (κ3) is 6.55. The van der Waals surface area contributed by atoms with E-state index in [0.29, 0.717) is 11.8 Å². The maximum absolute atomic E-state index is 6.24. The molecule has 0 atom stereocenters. The summed E-state index contributed by atoms with van der Waals surface area (Å²) in [6.07, 6.45) is 0. The van der Waals surface area contributed by atoms with Gasteiger partial charge in [0.05, 0.1) is 39.3 Å². The Morgan fingerprint density at radius 2 is 1.12 bits per heavy atom. The molecule has 5 nitrogen and oxygen atoms in total. The molecule has 56 heavy (non-hydrogen) atoms. The van der Waals surface area contributed by atoms with E-state index in [0.717, 1.165) is 72.5 Å². The second kappa shape index (κ2) is 15.6. The summed E-state index contributed by atoms with van der Waals surface area (Å²) < 4.78 is 10.8. The Labute approximate surface area is 340 Å². The van der Waals surface area contributed by atoms with Crippen molar-refractivity contribution in [2.75, 3.05) is 0 Å². The summed E-state index contributed by atoms with van der Waals surface area (Å²) >= 11 is 0. The summed E-state index contributed by atoms with van der Waals surface area (Å²) in [7, 11) is 0. The van der Waals surface area contributed by atoms with Gasteiger partial charge in [-0.1, -0.05) is 118 Å². The van der Waals surface area contributed by atoms with Crippen molar-refractivity contribution in [3.05, 3.63) is 181 Å². The Hall–Kier alpha value is -6.07. The molecule has 0 fully saturated rings. The molecule has 0 aliphatic carbocycles. The van der Waals surface area contributed by atoms with Crippen molar-refractivity contribution in [3.63, 3.8) is 0 Å². The summed E-state index contributed by atoms with van der Waals surface area (Å²) in [6.45, 7) is 9.04. The summed E-state index contributed by atoms with van der Waals surface area (Å²) in [6, 6.07) is 60.5. The minimum Gasteiger partial charge on any atom is -0.501 e. The molecular formula is C50H40IrN4O-2. The minimum atomic E-state index is 0. The van der Waals surface area contributed by atoms with Gasteiger partial charge in [0.15, 0.2) is 0 Å². The van der Waals surface area contributed by atoms with Crippen LogP contribution in [0.5, 0.6) is 0 Å². The molecule has 0 saturated carbocycles. The zero-order chi connectivity index (χ0) is 37.5. The molecule has 0 aliphatic heterocycles. The van der Waals surface area contributed by atoms with Gasteiger partial charge >= 0.3 is 0 Å². The van der Waals surface area contributed by atoms with E-state index >= 15 is 0 Å². The number of para-hydroxylation sites is 7. The first kappa shape index (κ1) is 36.9. The Kier molecular flexibility index (Phi) is 10.3. The van der Waals surface area contributed by atoms with Gasteiger partial charge in [-0.3, -0.25) is 9.97 Å². The van der Waals surface area contributed by atoms with Gasteiger partial charge in [-0.15, -0.1) is 54.1 Å². The van der Waals surface area contributed by atoms with Crippen LogP contribution in [0.15, 0.2) is 162 Å². The van der Waals surface area contributed by atoms with E-state index in [4.69, 9.17) is 14.4 Å². The van der Waals surface area contributed by atoms with E-state index in [1.807, 2.05) is 78.9 Å². The number of nitrogens with zero attached hydrogens (tertiary/aromatic N) is 4. The Morgan fingerprint density at radius 3 is 1.80 bits per heavy atom. The average molecular weight is 905 g/mol. The molecule has 0 bridgehead atoms. The van der Waals surface area contributed by atoms with Gasteiger partial charge in [-0.05, 0) is 65.4 Å². The van der Waals surface area contributed by atoms with Gasteiger partial charge in [0.1, 0.15) is 5.58 Å². The van der Waals surface area contributed by atoms with Crippen LogP contribution < -0.4 is 0 Å². The molecule has 7 aromatic carbocycles. The van der Waals surface area contributed by atoms with Gasteiger partial charge in [0.25, 0.3) is 0 Å². The quantitative estimate of drug-likeness (QED) is 0.156. The number of hydrogen-bond donors (Lipinski definition) is 0. The van der Waals surface area contributed by atoms with E-state index in [2.05, 4.69) is 128 Å². The first-order valence-corrected chi connectivity index (χ1v) is 18.9. The minimum absolute atomic E-state index is 0. The number of furan rings is 1. The molecule has 0 unspecified atom stereocenters. The van der Waals surface area contributed by atoms with Crippen LogP contribution in [0.25, 0.3) is 78.2 Å².